The van der Waals surface area contributed by atoms with Crippen molar-refractivity contribution in [2.24, 2.45) is 0 Å². The van der Waals surface area contributed by atoms with Gasteiger partial charge in [-0.05, 0) is 49.9 Å². The van der Waals surface area contributed by atoms with Crippen LogP contribution in [-0.2, 0) is 9.53 Å². The number of nitrogens with zero attached hydrogens (tertiary/aromatic N) is 1. The molecule has 3 N–H and O–H groups in total. The van der Waals surface area contributed by atoms with Crippen LogP contribution >= 0.6 is 0 Å². The second-order valence-electron chi connectivity index (χ2n) is 7.62. The summed E-state index contributed by atoms with van der Waals surface area (Å²) in [6.45, 7) is 2.87. The van der Waals surface area contributed by atoms with Crippen molar-refractivity contribution < 1.29 is 23.9 Å². The number of esters is 1. The number of amides is 5. The molecule has 0 atom stereocenters. The van der Waals surface area contributed by atoms with Crippen molar-refractivity contribution >= 4 is 29.6 Å². The van der Waals surface area contributed by atoms with E-state index in [1.807, 2.05) is 6.92 Å². The van der Waals surface area contributed by atoms with E-state index in [0.29, 0.717) is 43.7 Å². The Morgan fingerprint density at radius 3 is 2.53 bits per heavy atom. The maximum atomic E-state index is 12.6. The Balaban J connectivity index is 1.38. The molecule has 2 aliphatic rings. The lowest BCUT2D eigenvalue weighted by atomic mass is 9.98. The van der Waals surface area contributed by atoms with E-state index in [2.05, 4.69) is 16.0 Å². The van der Waals surface area contributed by atoms with E-state index in [4.69, 9.17) is 4.74 Å². The molecule has 0 bridgehead atoms. The van der Waals surface area contributed by atoms with Gasteiger partial charge < -0.3 is 20.7 Å². The van der Waals surface area contributed by atoms with Gasteiger partial charge in [0, 0.05) is 18.8 Å². The number of urea groups is 2. The number of ether oxygens (including phenoxy) is 1. The topological polar surface area (TPSA) is 117 Å². The van der Waals surface area contributed by atoms with Crippen molar-refractivity contribution in [1.82, 2.24) is 15.5 Å². The first-order valence-corrected chi connectivity index (χ1v) is 10.4. The summed E-state index contributed by atoms with van der Waals surface area (Å²) in [5.74, 6) is -0.542. The minimum absolute atomic E-state index is 0.146. The average Bonchev–Trinajstić information content (AvgIpc) is 3.29. The van der Waals surface area contributed by atoms with Gasteiger partial charge in [-0.1, -0.05) is 19.8 Å². The van der Waals surface area contributed by atoms with Crippen molar-refractivity contribution in [3.05, 3.63) is 29.8 Å². The Morgan fingerprint density at radius 1 is 1.17 bits per heavy atom. The highest BCUT2D eigenvalue weighted by Gasteiger charge is 2.51. The Morgan fingerprint density at radius 2 is 1.87 bits per heavy atom. The SMILES string of the molecule is CCCOC(=O)c1ccc(NC(=O)NCCCN2C(=O)NC3(CCCC3)C2=O)cc1. The average molecular weight is 416 g/mol. The first kappa shape index (κ1) is 21.6. The van der Waals surface area contributed by atoms with E-state index in [0.717, 1.165) is 19.3 Å². The van der Waals surface area contributed by atoms with Gasteiger partial charge in [-0.15, -0.1) is 0 Å². The van der Waals surface area contributed by atoms with E-state index in [1.54, 1.807) is 24.3 Å². The van der Waals surface area contributed by atoms with Crippen molar-refractivity contribution in [2.45, 2.75) is 51.0 Å². The molecule has 1 saturated heterocycles. The number of imide groups is 1. The van der Waals surface area contributed by atoms with Gasteiger partial charge in [0.15, 0.2) is 0 Å². The molecule has 1 aromatic rings. The predicted molar refractivity (Wildman–Crippen MR) is 110 cm³/mol. The molecule has 0 aromatic heterocycles. The Bertz CT molecular complexity index is 802. The molecular formula is C21H28N4O5. The zero-order valence-electron chi connectivity index (χ0n) is 17.2. The molecule has 2 fully saturated rings. The summed E-state index contributed by atoms with van der Waals surface area (Å²) in [6.07, 6.45) is 4.51. The standard InChI is InChI=1S/C21H28N4O5/c1-2-14-30-17(26)15-6-8-16(9-7-15)23-19(28)22-12-5-13-25-18(27)21(24-20(25)29)10-3-4-11-21/h6-9H,2-5,10-14H2,1H3,(H,24,29)(H2,22,23,28). The Hall–Kier alpha value is -3.10. The van der Waals surface area contributed by atoms with Crippen molar-refractivity contribution in [2.75, 3.05) is 25.0 Å². The third-order valence-corrected chi connectivity index (χ3v) is 5.36. The van der Waals surface area contributed by atoms with Crippen LogP contribution in [0.5, 0.6) is 0 Å². The van der Waals surface area contributed by atoms with E-state index >= 15 is 0 Å². The Kier molecular flexibility index (Phi) is 6.91. The van der Waals surface area contributed by atoms with Crippen LogP contribution in [0.3, 0.4) is 0 Å². The molecule has 9 heteroatoms. The number of hydrogen-bond acceptors (Lipinski definition) is 5. The minimum Gasteiger partial charge on any atom is -0.462 e. The molecule has 3 rings (SSSR count). The fourth-order valence-corrected chi connectivity index (χ4v) is 3.78. The molecule has 1 heterocycles. The smallest absolute Gasteiger partial charge is 0.338 e. The second-order valence-corrected chi connectivity index (χ2v) is 7.62. The van der Waals surface area contributed by atoms with Crippen LogP contribution in [0.25, 0.3) is 0 Å². The number of carbonyl (C=O) groups is 4. The molecule has 5 amide bonds. The lowest BCUT2D eigenvalue weighted by Crippen LogP contribution is -2.44. The normalized spacial score (nSPS) is 17.2. The van der Waals surface area contributed by atoms with Gasteiger partial charge in [0.2, 0.25) is 0 Å². The summed E-state index contributed by atoms with van der Waals surface area (Å²) in [5, 5.41) is 8.21. The van der Waals surface area contributed by atoms with Crippen LogP contribution in [0.2, 0.25) is 0 Å². The lowest BCUT2D eigenvalue weighted by molar-refractivity contribution is -0.131. The van der Waals surface area contributed by atoms with E-state index in [1.165, 1.54) is 4.90 Å². The summed E-state index contributed by atoms with van der Waals surface area (Å²) in [4.78, 5) is 49.7. The lowest BCUT2D eigenvalue weighted by Gasteiger charge is -2.20. The van der Waals surface area contributed by atoms with Crippen molar-refractivity contribution in [1.29, 1.82) is 0 Å². The van der Waals surface area contributed by atoms with Crippen LogP contribution in [-0.4, -0.2) is 54.1 Å². The number of rotatable bonds is 8. The summed E-state index contributed by atoms with van der Waals surface area (Å²) in [6, 6.07) is 5.67. The number of benzene rings is 1. The quantitative estimate of drug-likeness (QED) is 0.342. The molecular weight excluding hydrogens is 388 g/mol. The number of carbonyl (C=O) groups excluding carboxylic acids is 4. The number of anilines is 1. The highest BCUT2D eigenvalue weighted by molar-refractivity contribution is 6.07. The summed E-state index contributed by atoms with van der Waals surface area (Å²) < 4.78 is 5.06. The predicted octanol–water partition coefficient (Wildman–Crippen LogP) is 2.63. The van der Waals surface area contributed by atoms with Crippen molar-refractivity contribution in [3.8, 4) is 0 Å². The van der Waals surface area contributed by atoms with Gasteiger partial charge in [-0.3, -0.25) is 9.69 Å². The fraction of sp³-hybridized carbons (Fsp3) is 0.524. The third kappa shape index (κ3) is 4.90. The molecule has 1 aliphatic heterocycles. The number of hydrogen-bond donors (Lipinski definition) is 3. The second kappa shape index (κ2) is 9.60. The van der Waals surface area contributed by atoms with Crippen LogP contribution < -0.4 is 16.0 Å². The molecule has 1 aliphatic carbocycles. The first-order chi connectivity index (χ1) is 14.4. The van der Waals surface area contributed by atoms with Gasteiger partial charge in [0.05, 0.1) is 12.2 Å². The Labute approximate surface area is 175 Å². The zero-order chi connectivity index (χ0) is 21.6. The highest BCUT2D eigenvalue weighted by atomic mass is 16.5. The van der Waals surface area contributed by atoms with Crippen LogP contribution in [0, 0.1) is 0 Å². The molecule has 0 unspecified atom stereocenters. The monoisotopic (exact) mass is 416 g/mol. The van der Waals surface area contributed by atoms with Gasteiger partial charge in [-0.25, -0.2) is 14.4 Å². The molecule has 162 valence electrons. The van der Waals surface area contributed by atoms with Gasteiger partial charge >= 0.3 is 18.0 Å². The van der Waals surface area contributed by atoms with Gasteiger partial charge in [-0.2, -0.15) is 0 Å². The van der Waals surface area contributed by atoms with Gasteiger partial charge in [0.1, 0.15) is 5.54 Å². The maximum Gasteiger partial charge on any atom is 0.338 e. The van der Waals surface area contributed by atoms with E-state index < -0.39 is 17.5 Å². The fourth-order valence-electron chi connectivity index (χ4n) is 3.78. The zero-order valence-corrected chi connectivity index (χ0v) is 17.2. The molecule has 0 radical (unpaired) electrons. The first-order valence-electron chi connectivity index (χ1n) is 10.4. The largest absolute Gasteiger partial charge is 0.462 e. The maximum absolute atomic E-state index is 12.6. The van der Waals surface area contributed by atoms with Crippen LogP contribution in [0.15, 0.2) is 24.3 Å². The molecule has 1 aromatic carbocycles. The molecule has 1 spiro atoms. The summed E-state index contributed by atoms with van der Waals surface area (Å²) >= 11 is 0. The highest BCUT2D eigenvalue weighted by Crippen LogP contribution is 2.34. The van der Waals surface area contributed by atoms with Crippen LogP contribution in [0.4, 0.5) is 15.3 Å². The third-order valence-electron chi connectivity index (χ3n) is 5.36. The summed E-state index contributed by atoms with van der Waals surface area (Å²) in [7, 11) is 0. The van der Waals surface area contributed by atoms with Crippen LogP contribution in [0.1, 0.15) is 55.8 Å². The minimum atomic E-state index is -0.697. The summed E-state index contributed by atoms with van der Waals surface area (Å²) in [5.41, 5.74) is 0.261. The number of nitrogens with one attached hydrogen (secondary N) is 3. The van der Waals surface area contributed by atoms with E-state index in [-0.39, 0.29) is 18.5 Å². The molecule has 9 nitrogen and oxygen atoms in total. The van der Waals surface area contributed by atoms with Gasteiger partial charge in [0.25, 0.3) is 5.91 Å². The van der Waals surface area contributed by atoms with E-state index in [9.17, 15) is 19.2 Å². The molecule has 1 saturated carbocycles. The molecule has 30 heavy (non-hydrogen) atoms. The van der Waals surface area contributed by atoms with Crippen molar-refractivity contribution in [3.63, 3.8) is 0 Å².